The van der Waals surface area contributed by atoms with E-state index in [4.69, 9.17) is 11.6 Å². The van der Waals surface area contributed by atoms with Gasteiger partial charge in [0.1, 0.15) is 0 Å². The maximum absolute atomic E-state index is 12.7. The molecule has 0 spiro atoms. The Kier molecular flexibility index (Phi) is 4.94. The number of hydrogen-bond donors (Lipinski definition) is 0. The summed E-state index contributed by atoms with van der Waals surface area (Å²) in [5.41, 5.74) is 1.82. The first-order valence-corrected chi connectivity index (χ1v) is 11.5. The van der Waals surface area contributed by atoms with Crippen LogP contribution in [0.3, 0.4) is 0 Å². The zero-order chi connectivity index (χ0) is 18.2. The molecule has 1 heterocycles. The molecule has 0 saturated carbocycles. The molecular formula is C17H18ClNO4S2. The number of rotatable bonds is 4. The summed E-state index contributed by atoms with van der Waals surface area (Å²) in [4.78, 5) is 0.166. The number of halogens is 1. The number of sulfonamides is 1. The predicted molar refractivity (Wildman–Crippen MR) is 98.9 cm³/mol. The molecule has 1 saturated heterocycles. The second-order valence-electron chi connectivity index (χ2n) is 6.13. The van der Waals surface area contributed by atoms with Crippen LogP contribution in [0.15, 0.2) is 53.4 Å². The van der Waals surface area contributed by atoms with E-state index in [1.54, 1.807) is 36.4 Å². The molecule has 134 valence electrons. The molecule has 0 amide bonds. The lowest BCUT2D eigenvalue weighted by molar-refractivity contribution is 0.477. The smallest absolute Gasteiger partial charge is 0.229 e. The zero-order valence-corrected chi connectivity index (χ0v) is 16.0. The van der Waals surface area contributed by atoms with Gasteiger partial charge in [-0.05, 0) is 41.8 Å². The Bertz CT molecular complexity index is 968. The van der Waals surface area contributed by atoms with Gasteiger partial charge in [-0.1, -0.05) is 35.9 Å². The second kappa shape index (κ2) is 6.72. The van der Waals surface area contributed by atoms with Crippen molar-refractivity contribution in [1.29, 1.82) is 0 Å². The van der Waals surface area contributed by atoms with Crippen LogP contribution in [0.25, 0.3) is 11.1 Å². The normalized spacial score (nSPS) is 19.2. The minimum Gasteiger partial charge on any atom is -0.229 e. The van der Waals surface area contributed by atoms with Crippen LogP contribution in [0, 0.1) is 0 Å². The van der Waals surface area contributed by atoms with E-state index in [-0.39, 0.29) is 18.0 Å². The number of benzene rings is 2. The fourth-order valence-corrected chi connectivity index (χ4v) is 5.58. The van der Waals surface area contributed by atoms with Gasteiger partial charge in [-0.25, -0.2) is 16.8 Å². The molecule has 0 N–H and O–H groups in total. The van der Waals surface area contributed by atoms with E-state index < -0.39 is 25.1 Å². The fraction of sp³-hybridized carbons (Fsp3) is 0.294. The van der Waals surface area contributed by atoms with Crippen molar-refractivity contribution in [2.24, 2.45) is 0 Å². The largest absolute Gasteiger partial charge is 0.243 e. The van der Waals surface area contributed by atoms with Gasteiger partial charge in [-0.3, -0.25) is 0 Å². The van der Waals surface area contributed by atoms with Crippen LogP contribution in [0.2, 0.25) is 5.02 Å². The van der Waals surface area contributed by atoms with Crippen molar-refractivity contribution < 1.29 is 16.8 Å². The van der Waals surface area contributed by atoms with Gasteiger partial charge in [-0.2, -0.15) is 4.31 Å². The molecule has 25 heavy (non-hydrogen) atoms. The molecule has 1 fully saturated rings. The zero-order valence-electron chi connectivity index (χ0n) is 13.6. The van der Waals surface area contributed by atoms with Crippen LogP contribution in [0.5, 0.6) is 0 Å². The summed E-state index contributed by atoms with van der Waals surface area (Å²) in [6, 6.07) is 13.8. The van der Waals surface area contributed by atoms with Gasteiger partial charge in [0.05, 0.1) is 10.1 Å². The highest BCUT2D eigenvalue weighted by molar-refractivity contribution is 7.91. The summed E-state index contributed by atoms with van der Waals surface area (Å²) in [5.74, 6) is 0. The van der Waals surface area contributed by atoms with Crippen molar-refractivity contribution in [3.05, 3.63) is 53.6 Å². The third-order valence-electron chi connectivity index (χ3n) is 4.38. The molecular weight excluding hydrogens is 382 g/mol. The second-order valence-corrected chi connectivity index (χ2v) is 10.8. The van der Waals surface area contributed by atoms with Crippen molar-refractivity contribution in [1.82, 2.24) is 4.31 Å². The minimum atomic E-state index is -3.69. The van der Waals surface area contributed by atoms with Gasteiger partial charge in [0, 0.05) is 24.4 Å². The van der Waals surface area contributed by atoms with Crippen molar-refractivity contribution in [3.8, 4) is 11.1 Å². The van der Waals surface area contributed by atoms with E-state index in [1.807, 2.05) is 12.1 Å². The van der Waals surface area contributed by atoms with Crippen LogP contribution >= 0.6 is 11.6 Å². The molecule has 0 aliphatic carbocycles. The average Bonchev–Trinajstić information content (AvgIpc) is 3.07. The average molecular weight is 400 g/mol. The molecule has 2 aromatic carbocycles. The Morgan fingerprint density at radius 2 is 1.44 bits per heavy atom. The molecule has 0 bridgehead atoms. The van der Waals surface area contributed by atoms with Crippen molar-refractivity contribution in [2.45, 2.75) is 16.6 Å². The number of sulfone groups is 1. The van der Waals surface area contributed by atoms with Gasteiger partial charge < -0.3 is 0 Å². The SMILES string of the molecule is CS(=O)(=O)C1CCN(S(=O)(=O)c2ccc(-c3ccc(Cl)cc3)cc2)C1. The third kappa shape index (κ3) is 3.89. The maximum atomic E-state index is 12.7. The van der Waals surface area contributed by atoms with E-state index in [1.165, 1.54) is 4.31 Å². The van der Waals surface area contributed by atoms with E-state index >= 15 is 0 Å². The van der Waals surface area contributed by atoms with Gasteiger partial charge >= 0.3 is 0 Å². The fourth-order valence-electron chi connectivity index (χ4n) is 2.88. The monoisotopic (exact) mass is 399 g/mol. The topological polar surface area (TPSA) is 71.5 Å². The van der Waals surface area contributed by atoms with Crippen molar-refractivity contribution in [3.63, 3.8) is 0 Å². The van der Waals surface area contributed by atoms with Crippen LogP contribution in [0.4, 0.5) is 0 Å². The highest BCUT2D eigenvalue weighted by Crippen LogP contribution is 2.27. The summed E-state index contributed by atoms with van der Waals surface area (Å²) in [7, 11) is -6.93. The summed E-state index contributed by atoms with van der Waals surface area (Å²) in [5, 5.41) is 0.00743. The molecule has 5 nitrogen and oxygen atoms in total. The molecule has 1 atom stereocenters. The van der Waals surface area contributed by atoms with Gasteiger partial charge in [0.25, 0.3) is 0 Å². The highest BCUT2D eigenvalue weighted by Gasteiger charge is 2.36. The van der Waals surface area contributed by atoms with Crippen LogP contribution in [-0.2, 0) is 19.9 Å². The van der Waals surface area contributed by atoms with Crippen LogP contribution < -0.4 is 0 Å². The van der Waals surface area contributed by atoms with Gasteiger partial charge in [0.15, 0.2) is 9.84 Å². The van der Waals surface area contributed by atoms with Crippen LogP contribution in [0.1, 0.15) is 6.42 Å². The summed E-state index contributed by atoms with van der Waals surface area (Å²) < 4.78 is 49.9. The maximum Gasteiger partial charge on any atom is 0.243 e. The third-order valence-corrected chi connectivity index (χ3v) is 8.11. The Morgan fingerprint density at radius 1 is 0.920 bits per heavy atom. The molecule has 3 rings (SSSR count). The first kappa shape index (κ1) is 18.4. The Hall–Kier alpha value is -1.41. The van der Waals surface area contributed by atoms with Crippen molar-refractivity contribution >= 4 is 31.5 Å². The molecule has 0 aromatic heterocycles. The van der Waals surface area contributed by atoms with Crippen LogP contribution in [-0.4, -0.2) is 45.7 Å². The molecule has 1 aliphatic heterocycles. The van der Waals surface area contributed by atoms with E-state index in [0.717, 1.165) is 17.4 Å². The first-order valence-electron chi connectivity index (χ1n) is 7.73. The van der Waals surface area contributed by atoms with E-state index in [2.05, 4.69) is 0 Å². The molecule has 8 heteroatoms. The van der Waals surface area contributed by atoms with E-state index in [9.17, 15) is 16.8 Å². The Labute approximate surface area is 153 Å². The molecule has 1 unspecified atom stereocenters. The lowest BCUT2D eigenvalue weighted by Crippen LogP contribution is -2.31. The molecule has 0 radical (unpaired) electrons. The summed E-state index contributed by atoms with van der Waals surface area (Å²) >= 11 is 5.87. The Morgan fingerprint density at radius 3 is 1.92 bits per heavy atom. The first-order chi connectivity index (χ1) is 11.7. The lowest BCUT2D eigenvalue weighted by Gasteiger charge is -2.16. The molecule has 1 aliphatic rings. The predicted octanol–water partition coefficient (Wildman–Crippen LogP) is 2.81. The quantitative estimate of drug-likeness (QED) is 0.792. The standard InChI is InChI=1S/C17H18ClNO4S2/c1-24(20,21)17-10-11-19(12-17)25(22,23)16-8-4-14(5-9-16)13-2-6-15(18)7-3-13/h2-9,17H,10-12H2,1H3. The number of nitrogens with zero attached hydrogens (tertiary/aromatic N) is 1. The summed E-state index contributed by atoms with van der Waals surface area (Å²) in [6.45, 7) is 0.235. The van der Waals surface area contributed by atoms with E-state index in [0.29, 0.717) is 11.4 Å². The highest BCUT2D eigenvalue weighted by atomic mass is 35.5. The van der Waals surface area contributed by atoms with Gasteiger partial charge in [0.2, 0.25) is 10.0 Å². The summed E-state index contributed by atoms with van der Waals surface area (Å²) in [6.07, 6.45) is 1.48. The Balaban J connectivity index is 1.83. The lowest BCUT2D eigenvalue weighted by atomic mass is 10.1. The minimum absolute atomic E-state index is 0.0140. The van der Waals surface area contributed by atoms with Crippen molar-refractivity contribution in [2.75, 3.05) is 19.3 Å². The van der Waals surface area contributed by atoms with Gasteiger partial charge in [-0.15, -0.1) is 0 Å². The number of hydrogen-bond acceptors (Lipinski definition) is 4. The molecule has 2 aromatic rings.